The first-order chi connectivity index (χ1) is 8.85. The molecule has 1 heterocycles. The van der Waals surface area contributed by atoms with Crippen LogP contribution >= 0.6 is 0 Å². The van der Waals surface area contributed by atoms with Gasteiger partial charge in [-0.3, -0.25) is 0 Å². The van der Waals surface area contributed by atoms with Crippen LogP contribution in [0.2, 0.25) is 0 Å². The predicted molar refractivity (Wildman–Crippen MR) is 73.2 cm³/mol. The Balaban J connectivity index is 1.65. The molecule has 2 heteroatoms. The summed E-state index contributed by atoms with van der Waals surface area (Å²) in [4.78, 5) is 0. The third-order valence-electron chi connectivity index (χ3n) is 5.48. The lowest BCUT2D eigenvalue weighted by Gasteiger charge is -2.27. The highest BCUT2D eigenvalue weighted by atomic mass is 16.5. The van der Waals surface area contributed by atoms with Crippen molar-refractivity contribution in [3.8, 4) is 5.75 Å². The molecule has 2 aliphatic carbocycles. The van der Waals surface area contributed by atoms with Gasteiger partial charge in [-0.25, -0.2) is 0 Å². The zero-order chi connectivity index (χ0) is 12.1. The van der Waals surface area contributed by atoms with E-state index in [-0.39, 0.29) is 0 Å². The van der Waals surface area contributed by atoms with Crippen molar-refractivity contribution in [2.45, 2.75) is 31.6 Å². The third kappa shape index (κ3) is 1.47. The lowest BCUT2D eigenvalue weighted by atomic mass is 9.77. The standard InChI is InChI=1S/C16H21NO/c1-18-12-4-5-16-14(8-12)15(9-17-16)13-7-10-2-3-11(13)6-10/h4-5,8,10-11,13,15,17H,2-3,6-7,9H2,1H3. The molecule has 2 bridgehead atoms. The van der Waals surface area contributed by atoms with Crippen molar-refractivity contribution in [2.24, 2.45) is 17.8 Å². The Kier molecular flexibility index (Phi) is 2.33. The molecule has 0 aromatic heterocycles. The maximum absolute atomic E-state index is 5.38. The summed E-state index contributed by atoms with van der Waals surface area (Å²) in [5.74, 6) is 4.69. The van der Waals surface area contributed by atoms with E-state index in [1.54, 1.807) is 7.11 Å². The van der Waals surface area contributed by atoms with E-state index in [1.165, 1.54) is 36.9 Å². The van der Waals surface area contributed by atoms with Crippen LogP contribution in [-0.2, 0) is 0 Å². The van der Waals surface area contributed by atoms with Crippen molar-refractivity contribution < 1.29 is 4.74 Å². The Morgan fingerprint density at radius 2 is 2.17 bits per heavy atom. The van der Waals surface area contributed by atoms with Gasteiger partial charge < -0.3 is 10.1 Å². The van der Waals surface area contributed by atoms with Crippen molar-refractivity contribution in [3.05, 3.63) is 23.8 Å². The summed E-state index contributed by atoms with van der Waals surface area (Å²) in [7, 11) is 1.76. The molecule has 1 aromatic carbocycles. The molecule has 0 amide bonds. The average Bonchev–Trinajstić information content (AvgIpc) is 3.11. The number of fused-ring (bicyclic) bond motifs is 3. The molecule has 2 fully saturated rings. The highest BCUT2D eigenvalue weighted by molar-refractivity contribution is 5.60. The summed E-state index contributed by atoms with van der Waals surface area (Å²) < 4.78 is 5.38. The molecule has 4 atom stereocenters. The maximum atomic E-state index is 5.38. The normalized spacial score (nSPS) is 36.5. The van der Waals surface area contributed by atoms with Gasteiger partial charge in [0.1, 0.15) is 5.75 Å². The topological polar surface area (TPSA) is 21.3 Å². The quantitative estimate of drug-likeness (QED) is 0.856. The fourth-order valence-corrected chi connectivity index (χ4v) is 4.63. The van der Waals surface area contributed by atoms with E-state index in [0.29, 0.717) is 0 Å². The number of hydrogen-bond acceptors (Lipinski definition) is 2. The second-order valence-corrected chi connectivity index (χ2v) is 6.28. The van der Waals surface area contributed by atoms with Gasteiger partial charge in [0.15, 0.2) is 0 Å². The molecule has 96 valence electrons. The van der Waals surface area contributed by atoms with Gasteiger partial charge >= 0.3 is 0 Å². The SMILES string of the molecule is COc1ccc2c(c1)C(C1CC3CCC1C3)CN2. The summed E-state index contributed by atoms with van der Waals surface area (Å²) in [6.07, 6.45) is 5.94. The average molecular weight is 243 g/mol. The van der Waals surface area contributed by atoms with Crippen molar-refractivity contribution in [1.29, 1.82) is 0 Å². The van der Waals surface area contributed by atoms with Crippen LogP contribution in [0.5, 0.6) is 5.75 Å². The van der Waals surface area contributed by atoms with Crippen LogP contribution in [-0.4, -0.2) is 13.7 Å². The van der Waals surface area contributed by atoms with Gasteiger partial charge in [-0.2, -0.15) is 0 Å². The molecule has 2 saturated carbocycles. The molecular formula is C16H21NO. The van der Waals surface area contributed by atoms with E-state index in [9.17, 15) is 0 Å². The molecule has 3 aliphatic rings. The molecule has 1 aliphatic heterocycles. The summed E-state index contributed by atoms with van der Waals surface area (Å²) in [6.45, 7) is 1.14. The number of hydrogen-bond donors (Lipinski definition) is 1. The first-order valence-corrected chi connectivity index (χ1v) is 7.27. The van der Waals surface area contributed by atoms with Gasteiger partial charge in [0.2, 0.25) is 0 Å². The van der Waals surface area contributed by atoms with Crippen LogP contribution < -0.4 is 10.1 Å². The highest BCUT2D eigenvalue weighted by Gasteiger charge is 2.44. The van der Waals surface area contributed by atoms with Gasteiger partial charge in [0, 0.05) is 18.2 Å². The smallest absolute Gasteiger partial charge is 0.119 e. The van der Waals surface area contributed by atoms with Gasteiger partial charge in [-0.05, 0) is 60.8 Å². The summed E-state index contributed by atoms with van der Waals surface area (Å²) in [5.41, 5.74) is 2.84. The molecule has 0 saturated heterocycles. The lowest BCUT2D eigenvalue weighted by molar-refractivity contribution is 0.291. The van der Waals surface area contributed by atoms with E-state index in [2.05, 4.69) is 23.5 Å². The van der Waals surface area contributed by atoms with Gasteiger partial charge in [0.25, 0.3) is 0 Å². The number of ether oxygens (including phenoxy) is 1. The highest BCUT2D eigenvalue weighted by Crippen LogP contribution is 2.55. The Hall–Kier alpha value is -1.18. The number of rotatable bonds is 2. The van der Waals surface area contributed by atoms with Crippen molar-refractivity contribution in [3.63, 3.8) is 0 Å². The van der Waals surface area contributed by atoms with Crippen molar-refractivity contribution in [1.82, 2.24) is 0 Å². The van der Waals surface area contributed by atoms with Crippen LogP contribution in [0.15, 0.2) is 18.2 Å². The van der Waals surface area contributed by atoms with E-state index in [0.717, 1.165) is 36.0 Å². The Labute approximate surface area is 109 Å². The maximum Gasteiger partial charge on any atom is 0.119 e. The molecule has 0 spiro atoms. The minimum absolute atomic E-state index is 0.727. The zero-order valence-corrected chi connectivity index (χ0v) is 11.0. The minimum atomic E-state index is 0.727. The molecule has 1 aromatic rings. The second-order valence-electron chi connectivity index (χ2n) is 6.28. The monoisotopic (exact) mass is 243 g/mol. The largest absolute Gasteiger partial charge is 0.497 e. The third-order valence-corrected chi connectivity index (χ3v) is 5.48. The molecule has 18 heavy (non-hydrogen) atoms. The van der Waals surface area contributed by atoms with Gasteiger partial charge in [-0.1, -0.05) is 6.42 Å². The fourth-order valence-electron chi connectivity index (χ4n) is 4.63. The summed E-state index contributed by atoms with van der Waals surface area (Å²) in [5, 5.41) is 3.58. The Morgan fingerprint density at radius 3 is 2.89 bits per heavy atom. The summed E-state index contributed by atoms with van der Waals surface area (Å²) in [6, 6.07) is 6.50. The minimum Gasteiger partial charge on any atom is -0.497 e. The first-order valence-electron chi connectivity index (χ1n) is 7.27. The summed E-state index contributed by atoms with van der Waals surface area (Å²) >= 11 is 0. The van der Waals surface area contributed by atoms with E-state index in [4.69, 9.17) is 4.74 Å². The predicted octanol–water partition coefficient (Wildman–Crippen LogP) is 3.64. The van der Waals surface area contributed by atoms with Gasteiger partial charge in [0.05, 0.1) is 7.11 Å². The zero-order valence-electron chi connectivity index (χ0n) is 11.0. The Morgan fingerprint density at radius 1 is 1.22 bits per heavy atom. The lowest BCUT2D eigenvalue weighted by Crippen LogP contribution is -2.20. The number of anilines is 1. The van der Waals surface area contributed by atoms with Gasteiger partial charge in [-0.15, -0.1) is 0 Å². The number of nitrogens with one attached hydrogen (secondary N) is 1. The molecule has 4 rings (SSSR count). The molecule has 1 N–H and O–H groups in total. The van der Waals surface area contributed by atoms with Crippen molar-refractivity contribution >= 4 is 5.69 Å². The Bertz CT molecular complexity index is 470. The fraction of sp³-hybridized carbons (Fsp3) is 0.625. The first kappa shape index (κ1) is 10.7. The van der Waals surface area contributed by atoms with Crippen LogP contribution in [0.4, 0.5) is 5.69 Å². The number of methoxy groups -OCH3 is 1. The van der Waals surface area contributed by atoms with Crippen LogP contribution in [0.3, 0.4) is 0 Å². The van der Waals surface area contributed by atoms with Crippen LogP contribution in [0.1, 0.15) is 37.2 Å². The molecule has 4 unspecified atom stereocenters. The second kappa shape index (κ2) is 3.91. The van der Waals surface area contributed by atoms with Crippen LogP contribution in [0, 0.1) is 17.8 Å². The van der Waals surface area contributed by atoms with Crippen molar-refractivity contribution in [2.75, 3.05) is 19.0 Å². The number of benzene rings is 1. The molecule has 2 nitrogen and oxygen atoms in total. The van der Waals surface area contributed by atoms with E-state index in [1.807, 2.05) is 0 Å². The van der Waals surface area contributed by atoms with E-state index >= 15 is 0 Å². The molecule has 0 radical (unpaired) electrons. The van der Waals surface area contributed by atoms with E-state index < -0.39 is 0 Å². The molecular weight excluding hydrogens is 222 g/mol. The van der Waals surface area contributed by atoms with Crippen LogP contribution in [0.25, 0.3) is 0 Å².